The Morgan fingerprint density at radius 2 is 2.21 bits per heavy atom. The molecule has 144 valence electrons. The number of anilines is 1. The number of pyridine rings is 1. The Morgan fingerprint density at radius 3 is 3.04 bits per heavy atom. The Bertz CT molecular complexity index is 988. The van der Waals surface area contributed by atoms with Crippen molar-refractivity contribution in [2.24, 2.45) is 5.92 Å². The summed E-state index contributed by atoms with van der Waals surface area (Å²) in [5.41, 5.74) is 2.11. The minimum Gasteiger partial charge on any atom is -0.339 e. The van der Waals surface area contributed by atoms with Crippen LogP contribution in [-0.2, 0) is 6.54 Å². The van der Waals surface area contributed by atoms with Crippen molar-refractivity contribution in [3.63, 3.8) is 0 Å². The lowest BCUT2D eigenvalue weighted by Crippen LogP contribution is -2.17. The molecule has 0 aromatic carbocycles. The van der Waals surface area contributed by atoms with Crippen molar-refractivity contribution < 1.29 is 9.18 Å². The lowest BCUT2D eigenvalue weighted by molar-refractivity contribution is 0.101. The summed E-state index contributed by atoms with van der Waals surface area (Å²) in [6.45, 7) is 0.391. The fourth-order valence-electron chi connectivity index (χ4n) is 3.46. The molecule has 0 unspecified atom stereocenters. The van der Waals surface area contributed by atoms with Crippen LogP contribution in [0.3, 0.4) is 0 Å². The molecule has 1 N–H and O–H groups in total. The highest BCUT2D eigenvalue weighted by Crippen LogP contribution is 2.27. The van der Waals surface area contributed by atoms with Crippen molar-refractivity contribution in [2.75, 3.05) is 5.32 Å². The monoisotopic (exact) mass is 396 g/mol. The van der Waals surface area contributed by atoms with E-state index in [-0.39, 0.29) is 5.91 Å². The summed E-state index contributed by atoms with van der Waals surface area (Å²) < 4.78 is 15.1. The first-order valence-corrected chi connectivity index (χ1v) is 10.3. The van der Waals surface area contributed by atoms with Crippen LogP contribution in [0, 0.1) is 11.9 Å². The predicted molar refractivity (Wildman–Crippen MR) is 109 cm³/mol. The van der Waals surface area contributed by atoms with Crippen LogP contribution in [0.15, 0.2) is 48.1 Å². The number of carbonyl (C=O) groups excluding carboxylic acids is 1. The van der Waals surface area contributed by atoms with E-state index in [4.69, 9.17) is 0 Å². The summed E-state index contributed by atoms with van der Waals surface area (Å²) in [5, 5.41) is 5.37. The normalized spacial score (nSPS) is 14.8. The zero-order valence-corrected chi connectivity index (χ0v) is 16.2. The zero-order chi connectivity index (χ0) is 19.3. The molecule has 3 heterocycles. The molecular formula is C21H21FN4OS. The molecule has 28 heavy (non-hydrogen) atoms. The molecule has 0 aliphatic heterocycles. The Morgan fingerprint density at radius 1 is 1.36 bits per heavy atom. The maximum Gasteiger partial charge on any atom is 0.274 e. The molecule has 3 aromatic rings. The predicted octanol–water partition coefficient (Wildman–Crippen LogP) is 4.98. The standard InChI is InChI=1S/C21H21FN4OS/c22-19-12-16(9-10-23-19)13-26-11-3-6-18(26)20(27)25-21-24-17(14-28-21)8-7-15-4-1-2-5-15/h3,6-12,14-15H,1-2,4-5,13H2,(H,24,25,27)/b8-7+. The highest BCUT2D eigenvalue weighted by molar-refractivity contribution is 7.14. The van der Waals surface area contributed by atoms with Crippen molar-refractivity contribution in [1.82, 2.24) is 14.5 Å². The number of rotatable bonds is 6. The van der Waals surface area contributed by atoms with Crippen LogP contribution < -0.4 is 5.32 Å². The summed E-state index contributed by atoms with van der Waals surface area (Å²) in [4.78, 5) is 20.7. The third-order valence-corrected chi connectivity index (χ3v) is 5.66. The van der Waals surface area contributed by atoms with Crippen LogP contribution in [0.5, 0.6) is 0 Å². The quantitative estimate of drug-likeness (QED) is 0.598. The van der Waals surface area contributed by atoms with E-state index >= 15 is 0 Å². The zero-order valence-electron chi connectivity index (χ0n) is 15.3. The van der Waals surface area contributed by atoms with Crippen LogP contribution >= 0.6 is 11.3 Å². The van der Waals surface area contributed by atoms with Gasteiger partial charge in [-0.3, -0.25) is 10.1 Å². The molecule has 0 bridgehead atoms. The van der Waals surface area contributed by atoms with Gasteiger partial charge < -0.3 is 4.57 Å². The van der Waals surface area contributed by atoms with E-state index in [1.165, 1.54) is 49.3 Å². The first-order valence-electron chi connectivity index (χ1n) is 9.38. The Kier molecular flexibility index (Phi) is 5.62. The van der Waals surface area contributed by atoms with Crippen molar-refractivity contribution in [3.8, 4) is 0 Å². The number of thiazole rings is 1. The van der Waals surface area contributed by atoms with Crippen LogP contribution in [-0.4, -0.2) is 20.4 Å². The third-order valence-electron chi connectivity index (χ3n) is 4.89. The second-order valence-corrected chi connectivity index (χ2v) is 7.80. The summed E-state index contributed by atoms with van der Waals surface area (Å²) in [6, 6.07) is 6.63. The molecule has 1 saturated carbocycles. The minimum atomic E-state index is -0.531. The molecule has 5 nitrogen and oxygen atoms in total. The molecule has 1 amide bonds. The van der Waals surface area contributed by atoms with Crippen LogP contribution in [0.25, 0.3) is 6.08 Å². The number of hydrogen-bond acceptors (Lipinski definition) is 4. The summed E-state index contributed by atoms with van der Waals surface area (Å²) in [6.07, 6.45) is 12.6. The van der Waals surface area contributed by atoms with Crippen molar-refractivity contribution in [3.05, 3.63) is 71.0 Å². The molecule has 0 radical (unpaired) electrons. The Hall–Kier alpha value is -2.80. The third kappa shape index (κ3) is 4.54. The molecule has 0 spiro atoms. The SMILES string of the molecule is O=C(Nc1nc(/C=C/C2CCCC2)cs1)c1cccn1Cc1ccnc(F)c1. The highest BCUT2D eigenvalue weighted by Gasteiger charge is 2.14. The molecule has 4 rings (SSSR count). The van der Waals surface area contributed by atoms with Crippen molar-refractivity contribution in [2.45, 2.75) is 32.2 Å². The van der Waals surface area contributed by atoms with E-state index in [9.17, 15) is 9.18 Å². The van der Waals surface area contributed by atoms with E-state index in [0.717, 1.165) is 11.3 Å². The van der Waals surface area contributed by atoms with E-state index < -0.39 is 5.95 Å². The first-order chi connectivity index (χ1) is 13.7. The second kappa shape index (κ2) is 8.48. The van der Waals surface area contributed by atoms with Crippen molar-refractivity contribution in [1.29, 1.82) is 0 Å². The Balaban J connectivity index is 1.41. The average Bonchev–Trinajstić information content (AvgIpc) is 3.42. The molecule has 1 fully saturated rings. The molecule has 0 atom stereocenters. The van der Waals surface area contributed by atoms with Crippen molar-refractivity contribution >= 4 is 28.5 Å². The molecule has 7 heteroatoms. The summed E-state index contributed by atoms with van der Waals surface area (Å²) >= 11 is 1.41. The number of hydrogen-bond donors (Lipinski definition) is 1. The van der Waals surface area contributed by atoms with Gasteiger partial charge in [-0.05, 0) is 54.7 Å². The fourth-order valence-corrected chi connectivity index (χ4v) is 4.13. The summed E-state index contributed by atoms with van der Waals surface area (Å²) in [5.74, 6) is -0.113. The summed E-state index contributed by atoms with van der Waals surface area (Å²) in [7, 11) is 0. The van der Waals surface area contributed by atoms with E-state index in [2.05, 4.69) is 21.4 Å². The van der Waals surface area contributed by atoms with Gasteiger partial charge in [-0.2, -0.15) is 4.39 Å². The van der Waals surface area contributed by atoms with Gasteiger partial charge in [0.25, 0.3) is 5.91 Å². The maximum absolute atomic E-state index is 13.3. The van der Waals surface area contributed by atoms with Gasteiger partial charge >= 0.3 is 0 Å². The largest absolute Gasteiger partial charge is 0.339 e. The van der Waals surface area contributed by atoms with Crippen LogP contribution in [0.2, 0.25) is 0 Å². The van der Waals surface area contributed by atoms with Crippen LogP contribution in [0.4, 0.5) is 9.52 Å². The van der Waals surface area contributed by atoms with Gasteiger partial charge in [-0.15, -0.1) is 11.3 Å². The number of aromatic nitrogens is 3. The smallest absolute Gasteiger partial charge is 0.274 e. The van der Waals surface area contributed by atoms with Gasteiger partial charge in [0.15, 0.2) is 5.13 Å². The molecule has 1 aliphatic carbocycles. The highest BCUT2D eigenvalue weighted by atomic mass is 32.1. The first kappa shape index (κ1) is 18.6. The Labute approximate surface area is 167 Å². The van der Waals surface area contributed by atoms with E-state index in [0.29, 0.717) is 23.3 Å². The topological polar surface area (TPSA) is 59.8 Å². The number of nitrogens with zero attached hydrogens (tertiary/aromatic N) is 3. The van der Waals surface area contributed by atoms with Gasteiger partial charge in [-0.25, -0.2) is 9.97 Å². The molecule has 0 saturated heterocycles. The molecule has 1 aliphatic rings. The minimum absolute atomic E-state index is 0.236. The molecule has 3 aromatic heterocycles. The van der Waals surface area contributed by atoms with Gasteiger partial charge in [0.1, 0.15) is 5.69 Å². The van der Waals surface area contributed by atoms with Gasteiger partial charge in [0, 0.05) is 24.3 Å². The molecular weight excluding hydrogens is 375 g/mol. The number of carbonyl (C=O) groups is 1. The van der Waals surface area contributed by atoms with Crippen LogP contribution in [0.1, 0.15) is 47.4 Å². The number of halogens is 1. The number of allylic oxidation sites excluding steroid dienone is 1. The van der Waals surface area contributed by atoms with Gasteiger partial charge in [0.05, 0.1) is 5.69 Å². The van der Waals surface area contributed by atoms with Gasteiger partial charge in [0.2, 0.25) is 5.95 Å². The van der Waals surface area contributed by atoms with E-state index in [1.54, 1.807) is 29.0 Å². The average molecular weight is 396 g/mol. The second-order valence-electron chi connectivity index (χ2n) is 6.94. The number of amides is 1. The number of nitrogens with one attached hydrogen (secondary N) is 1. The lowest BCUT2D eigenvalue weighted by Gasteiger charge is -2.09. The maximum atomic E-state index is 13.3. The van der Waals surface area contributed by atoms with Gasteiger partial charge in [-0.1, -0.05) is 18.9 Å². The fraction of sp³-hybridized carbons (Fsp3) is 0.286. The lowest BCUT2D eigenvalue weighted by atomic mass is 10.1. The van der Waals surface area contributed by atoms with E-state index in [1.807, 2.05) is 11.5 Å².